The lowest BCUT2D eigenvalue weighted by atomic mass is 10.0. The minimum atomic E-state index is -4.66. The van der Waals surface area contributed by atoms with Crippen molar-refractivity contribution in [2.45, 2.75) is 123 Å². The van der Waals surface area contributed by atoms with Crippen LogP contribution in [0.2, 0.25) is 0 Å². The molecule has 206 valence electrons. The number of alkyl halides is 3. The van der Waals surface area contributed by atoms with Gasteiger partial charge in [-0.3, -0.25) is 4.79 Å². The van der Waals surface area contributed by atoms with Gasteiger partial charge in [-0.2, -0.15) is 13.2 Å². The van der Waals surface area contributed by atoms with Gasteiger partial charge in [-0.05, 0) is 30.9 Å². The van der Waals surface area contributed by atoms with E-state index in [1.165, 1.54) is 76.3 Å². The summed E-state index contributed by atoms with van der Waals surface area (Å²) in [5.41, 5.74) is -1.52. The summed E-state index contributed by atoms with van der Waals surface area (Å²) in [6, 6.07) is 3.59. The number of carbonyl (C=O) groups excluding carboxylic acids is 2. The first kappa shape index (κ1) is 32.0. The third-order valence-corrected chi connectivity index (χ3v) is 6.27. The van der Waals surface area contributed by atoms with Crippen LogP contribution in [0.3, 0.4) is 0 Å². The predicted octanol–water partition coefficient (Wildman–Crippen LogP) is 8.48. The number of esters is 1. The average Bonchev–Trinajstić information content (AvgIpc) is 2.82. The normalized spacial score (nSPS) is 12.5. The molecule has 0 aliphatic rings. The minimum absolute atomic E-state index is 0.0528. The fraction of sp³-hybridized carbons (Fsp3) is 0.724. The summed E-state index contributed by atoms with van der Waals surface area (Å²) in [5, 5.41) is 2.46. The summed E-state index contributed by atoms with van der Waals surface area (Å²) in [4.78, 5) is 25.2. The van der Waals surface area contributed by atoms with Gasteiger partial charge in [-0.15, -0.1) is 0 Å². The fourth-order valence-electron chi connectivity index (χ4n) is 4.24. The Labute approximate surface area is 215 Å². The van der Waals surface area contributed by atoms with Gasteiger partial charge >= 0.3 is 12.1 Å². The van der Waals surface area contributed by atoms with Crippen LogP contribution in [0, 0.1) is 5.92 Å². The Hall–Kier alpha value is -2.05. The standard InChI is InChI=1S/C29H46F3NO3/c1-4-5-6-7-8-9-10-11-12-13-14-15-18-21-36-28(35)26(22-23(2)3)33-27(34)24-19-16-17-20-25(24)29(30,31)32/h16-17,19-20,23,26H,4-15,18,21-22H2,1-3H3,(H,33,34). The summed E-state index contributed by atoms with van der Waals surface area (Å²) >= 11 is 0. The van der Waals surface area contributed by atoms with E-state index >= 15 is 0 Å². The average molecular weight is 514 g/mol. The Morgan fingerprint density at radius 3 is 1.83 bits per heavy atom. The smallest absolute Gasteiger partial charge is 0.417 e. The summed E-state index contributed by atoms with van der Waals surface area (Å²) in [6.45, 7) is 6.24. The van der Waals surface area contributed by atoms with Gasteiger partial charge in [0.1, 0.15) is 6.04 Å². The number of benzene rings is 1. The van der Waals surface area contributed by atoms with Crippen LogP contribution in [-0.2, 0) is 15.7 Å². The number of nitrogens with one attached hydrogen (secondary N) is 1. The maximum absolute atomic E-state index is 13.3. The van der Waals surface area contributed by atoms with Crippen molar-refractivity contribution in [2.24, 2.45) is 5.92 Å². The maximum atomic E-state index is 13.3. The molecule has 0 bridgehead atoms. The van der Waals surface area contributed by atoms with Crippen molar-refractivity contribution in [1.29, 1.82) is 0 Å². The SMILES string of the molecule is CCCCCCCCCCCCCCCOC(=O)C(CC(C)C)NC(=O)c1ccccc1C(F)(F)F. The molecule has 1 rings (SSSR count). The largest absolute Gasteiger partial charge is 0.464 e. The fourth-order valence-corrected chi connectivity index (χ4v) is 4.24. The molecule has 36 heavy (non-hydrogen) atoms. The third kappa shape index (κ3) is 13.9. The summed E-state index contributed by atoms with van der Waals surface area (Å²) < 4.78 is 45.2. The second kappa shape index (κ2) is 18.2. The molecule has 0 aliphatic carbocycles. The third-order valence-electron chi connectivity index (χ3n) is 6.27. The van der Waals surface area contributed by atoms with Crippen molar-refractivity contribution in [3.05, 3.63) is 35.4 Å². The minimum Gasteiger partial charge on any atom is -0.464 e. The lowest BCUT2D eigenvalue weighted by Gasteiger charge is -2.20. The van der Waals surface area contributed by atoms with Gasteiger partial charge in [0.2, 0.25) is 0 Å². The van der Waals surface area contributed by atoms with Gasteiger partial charge in [0.25, 0.3) is 5.91 Å². The topological polar surface area (TPSA) is 55.4 Å². The zero-order chi connectivity index (χ0) is 26.8. The Morgan fingerprint density at radius 1 is 0.833 bits per heavy atom. The van der Waals surface area contributed by atoms with Crippen LogP contribution < -0.4 is 5.32 Å². The van der Waals surface area contributed by atoms with E-state index in [9.17, 15) is 22.8 Å². The molecular formula is C29H46F3NO3. The molecule has 0 radical (unpaired) electrons. The lowest BCUT2D eigenvalue weighted by molar-refractivity contribution is -0.146. The van der Waals surface area contributed by atoms with Gasteiger partial charge in [0.15, 0.2) is 0 Å². The van der Waals surface area contributed by atoms with Crippen molar-refractivity contribution < 1.29 is 27.5 Å². The number of amides is 1. The highest BCUT2D eigenvalue weighted by Crippen LogP contribution is 2.31. The van der Waals surface area contributed by atoms with Crippen LogP contribution >= 0.6 is 0 Å². The first-order valence-electron chi connectivity index (χ1n) is 13.8. The van der Waals surface area contributed by atoms with Crippen LogP contribution in [0.25, 0.3) is 0 Å². The molecule has 0 saturated carbocycles. The quantitative estimate of drug-likeness (QED) is 0.149. The van der Waals surface area contributed by atoms with E-state index in [0.29, 0.717) is 0 Å². The van der Waals surface area contributed by atoms with Crippen molar-refractivity contribution >= 4 is 11.9 Å². The number of ether oxygens (including phenoxy) is 1. The van der Waals surface area contributed by atoms with Crippen molar-refractivity contribution in [1.82, 2.24) is 5.32 Å². The molecule has 0 saturated heterocycles. The van der Waals surface area contributed by atoms with E-state index in [-0.39, 0.29) is 18.9 Å². The van der Waals surface area contributed by atoms with Crippen molar-refractivity contribution in [3.8, 4) is 0 Å². The monoisotopic (exact) mass is 513 g/mol. The Bertz CT molecular complexity index is 750. The summed E-state index contributed by atoms with van der Waals surface area (Å²) in [7, 11) is 0. The van der Waals surface area contributed by atoms with E-state index in [2.05, 4.69) is 12.2 Å². The van der Waals surface area contributed by atoms with E-state index in [1.54, 1.807) is 0 Å². The molecule has 0 spiro atoms. The predicted molar refractivity (Wildman–Crippen MR) is 139 cm³/mol. The van der Waals surface area contributed by atoms with E-state index in [4.69, 9.17) is 4.74 Å². The van der Waals surface area contributed by atoms with Gasteiger partial charge in [-0.1, -0.05) is 110 Å². The molecule has 0 aromatic heterocycles. The molecule has 0 heterocycles. The number of hydrogen-bond acceptors (Lipinski definition) is 3. The van der Waals surface area contributed by atoms with Gasteiger partial charge in [0.05, 0.1) is 17.7 Å². The highest BCUT2D eigenvalue weighted by Gasteiger charge is 2.35. The van der Waals surface area contributed by atoms with Crippen LogP contribution in [0.4, 0.5) is 13.2 Å². The van der Waals surface area contributed by atoms with Crippen LogP contribution in [0.15, 0.2) is 24.3 Å². The molecule has 0 aliphatic heterocycles. The highest BCUT2D eigenvalue weighted by atomic mass is 19.4. The zero-order valence-corrected chi connectivity index (χ0v) is 22.4. The van der Waals surface area contributed by atoms with Gasteiger partial charge in [0, 0.05) is 0 Å². The Morgan fingerprint density at radius 2 is 1.33 bits per heavy atom. The molecule has 1 N–H and O–H groups in total. The number of hydrogen-bond donors (Lipinski definition) is 1. The van der Waals surface area contributed by atoms with Crippen molar-refractivity contribution in [2.75, 3.05) is 6.61 Å². The van der Waals surface area contributed by atoms with Crippen LogP contribution in [0.5, 0.6) is 0 Å². The maximum Gasteiger partial charge on any atom is 0.417 e. The number of unbranched alkanes of at least 4 members (excludes halogenated alkanes) is 12. The molecule has 1 atom stereocenters. The molecule has 1 amide bonds. The van der Waals surface area contributed by atoms with Gasteiger partial charge < -0.3 is 10.1 Å². The molecule has 1 aromatic carbocycles. The van der Waals surface area contributed by atoms with E-state index in [0.717, 1.165) is 31.4 Å². The first-order valence-corrected chi connectivity index (χ1v) is 13.8. The van der Waals surface area contributed by atoms with Crippen molar-refractivity contribution in [3.63, 3.8) is 0 Å². The molecule has 1 aromatic rings. The number of carbonyl (C=O) groups is 2. The second-order valence-corrected chi connectivity index (χ2v) is 10.1. The summed E-state index contributed by atoms with van der Waals surface area (Å²) in [6.07, 6.45) is 11.4. The van der Waals surface area contributed by atoms with Crippen LogP contribution in [0.1, 0.15) is 127 Å². The van der Waals surface area contributed by atoms with E-state index < -0.39 is 35.2 Å². The Balaban J connectivity index is 2.32. The number of halogens is 3. The first-order chi connectivity index (χ1) is 17.2. The highest BCUT2D eigenvalue weighted by molar-refractivity contribution is 5.98. The molecular weight excluding hydrogens is 467 g/mol. The second-order valence-electron chi connectivity index (χ2n) is 10.1. The molecule has 0 fully saturated rings. The lowest BCUT2D eigenvalue weighted by Crippen LogP contribution is -2.43. The summed E-state index contributed by atoms with van der Waals surface area (Å²) in [5.74, 6) is -1.47. The molecule has 4 nitrogen and oxygen atoms in total. The molecule has 7 heteroatoms. The van der Waals surface area contributed by atoms with Crippen LogP contribution in [-0.4, -0.2) is 24.5 Å². The van der Waals surface area contributed by atoms with Gasteiger partial charge in [-0.25, -0.2) is 4.79 Å². The molecule has 1 unspecified atom stereocenters. The number of rotatable bonds is 19. The Kier molecular flexibility index (Phi) is 16.2. The zero-order valence-electron chi connectivity index (χ0n) is 22.4. The van der Waals surface area contributed by atoms with E-state index in [1.807, 2.05) is 13.8 Å².